The normalized spacial score (nSPS) is 18.2. The monoisotopic (exact) mass is 64.0 g/mol. The third-order valence-corrected chi connectivity index (χ3v) is 0.577. The first kappa shape index (κ1) is 2.53. The molecule has 0 heteroatoms. The van der Waals surface area contributed by atoms with E-state index in [2.05, 4.69) is 5.92 Å². The fraction of sp³-hybridized carbons (Fsp3) is 0.200. The van der Waals surface area contributed by atoms with Crippen molar-refractivity contribution in [2.45, 2.75) is 0 Å². The molecule has 24 valence electrons. The third-order valence-electron chi connectivity index (χ3n) is 0.577. The first-order valence-corrected chi connectivity index (χ1v) is 1.58. The molecule has 0 aromatic carbocycles. The SMILES string of the molecule is C#CC1C=C1. The lowest BCUT2D eigenvalue weighted by molar-refractivity contribution is 1.33. The van der Waals surface area contributed by atoms with Crippen molar-refractivity contribution in [3.8, 4) is 12.3 Å². The van der Waals surface area contributed by atoms with Crippen LogP contribution in [0, 0.1) is 18.3 Å². The molecule has 0 radical (unpaired) electrons. The summed E-state index contributed by atoms with van der Waals surface area (Å²) >= 11 is 0. The predicted octanol–water partition coefficient (Wildman–Crippen LogP) is 0.806. The Hall–Kier alpha value is -0.700. The molecule has 0 fully saturated rings. The van der Waals surface area contributed by atoms with Gasteiger partial charge in [-0.2, -0.15) is 0 Å². The quantitative estimate of drug-likeness (QED) is 0.289. The van der Waals surface area contributed by atoms with Crippen LogP contribution in [0.5, 0.6) is 0 Å². The van der Waals surface area contributed by atoms with Gasteiger partial charge in [0.15, 0.2) is 0 Å². The average molecular weight is 64.1 g/mol. The fourth-order valence-electron chi connectivity index (χ4n) is 0.167. The summed E-state index contributed by atoms with van der Waals surface area (Å²) in [5.74, 6) is 2.94. The van der Waals surface area contributed by atoms with Crippen LogP contribution < -0.4 is 0 Å². The second-order valence-electron chi connectivity index (χ2n) is 1.08. The average Bonchev–Trinajstić information content (AvgIpc) is 2.12. The molecule has 1 rings (SSSR count). The first-order chi connectivity index (χ1) is 2.43. The van der Waals surface area contributed by atoms with E-state index in [1.54, 1.807) is 0 Å². The van der Waals surface area contributed by atoms with Gasteiger partial charge in [0.2, 0.25) is 0 Å². The largest absolute Gasteiger partial charge is 0.119 e. The molecule has 0 N–H and O–H groups in total. The highest BCUT2D eigenvalue weighted by atomic mass is 14.0. The Kier molecular flexibility index (Phi) is 0.315. The van der Waals surface area contributed by atoms with Crippen molar-refractivity contribution in [3.05, 3.63) is 12.2 Å². The highest BCUT2D eigenvalue weighted by Crippen LogP contribution is 2.11. The van der Waals surface area contributed by atoms with Crippen molar-refractivity contribution in [1.29, 1.82) is 0 Å². The van der Waals surface area contributed by atoms with Gasteiger partial charge in [-0.3, -0.25) is 0 Å². The van der Waals surface area contributed by atoms with Gasteiger partial charge in [-0.25, -0.2) is 0 Å². The Morgan fingerprint density at radius 1 is 1.60 bits per heavy atom. The zero-order valence-corrected chi connectivity index (χ0v) is 2.81. The second kappa shape index (κ2) is 0.621. The van der Waals surface area contributed by atoms with Gasteiger partial charge in [-0.1, -0.05) is 18.1 Å². The lowest BCUT2D eigenvalue weighted by atomic mass is 10.4. The summed E-state index contributed by atoms with van der Waals surface area (Å²) in [5.41, 5.74) is 0. The first-order valence-electron chi connectivity index (χ1n) is 1.58. The highest BCUT2D eigenvalue weighted by Gasteiger charge is 2.02. The second-order valence-corrected chi connectivity index (χ2v) is 1.08. The Morgan fingerprint density at radius 2 is 2.20 bits per heavy atom. The van der Waals surface area contributed by atoms with Gasteiger partial charge in [0.25, 0.3) is 0 Å². The molecule has 0 bridgehead atoms. The van der Waals surface area contributed by atoms with Crippen LogP contribution in [0.3, 0.4) is 0 Å². The summed E-state index contributed by atoms with van der Waals surface area (Å²) in [6, 6.07) is 0. The van der Waals surface area contributed by atoms with E-state index in [0.717, 1.165) is 0 Å². The molecular weight excluding hydrogens is 60.1 g/mol. The lowest BCUT2D eigenvalue weighted by Gasteiger charge is -1.61. The summed E-state index contributed by atoms with van der Waals surface area (Å²) in [7, 11) is 0. The van der Waals surface area contributed by atoms with Gasteiger partial charge >= 0.3 is 0 Å². The third kappa shape index (κ3) is 0.302. The van der Waals surface area contributed by atoms with E-state index in [0.29, 0.717) is 5.92 Å². The van der Waals surface area contributed by atoms with Crippen molar-refractivity contribution in [2.75, 3.05) is 0 Å². The van der Waals surface area contributed by atoms with Gasteiger partial charge < -0.3 is 0 Å². The summed E-state index contributed by atoms with van der Waals surface area (Å²) in [6.45, 7) is 0. The summed E-state index contributed by atoms with van der Waals surface area (Å²) in [5, 5.41) is 0. The molecule has 0 heterocycles. The number of allylic oxidation sites excluding steroid dienone is 2. The standard InChI is InChI=1S/C5H4/c1-2-5-3-4-5/h1,3-5H. The molecule has 0 atom stereocenters. The van der Waals surface area contributed by atoms with E-state index in [1.165, 1.54) is 0 Å². The van der Waals surface area contributed by atoms with E-state index in [-0.39, 0.29) is 0 Å². The van der Waals surface area contributed by atoms with Gasteiger partial charge in [-0.05, 0) is 0 Å². The van der Waals surface area contributed by atoms with E-state index in [9.17, 15) is 0 Å². The topological polar surface area (TPSA) is 0 Å². The molecule has 0 aliphatic heterocycles. The van der Waals surface area contributed by atoms with Crippen molar-refractivity contribution < 1.29 is 0 Å². The van der Waals surface area contributed by atoms with Gasteiger partial charge in [0.05, 0.1) is 5.92 Å². The fourth-order valence-corrected chi connectivity index (χ4v) is 0.167. The molecule has 0 spiro atoms. The molecule has 0 nitrogen and oxygen atoms in total. The summed E-state index contributed by atoms with van der Waals surface area (Å²) in [6.07, 6.45) is 8.89. The van der Waals surface area contributed by atoms with Crippen LogP contribution in [0.4, 0.5) is 0 Å². The van der Waals surface area contributed by atoms with Crippen LogP contribution in [0.25, 0.3) is 0 Å². The van der Waals surface area contributed by atoms with Crippen molar-refractivity contribution in [3.63, 3.8) is 0 Å². The molecular formula is C5H4. The molecule has 0 amide bonds. The number of terminal acetylenes is 1. The van der Waals surface area contributed by atoms with Crippen LogP contribution in [0.1, 0.15) is 0 Å². The van der Waals surface area contributed by atoms with E-state index in [1.807, 2.05) is 12.2 Å². The van der Waals surface area contributed by atoms with Crippen LogP contribution in [0.2, 0.25) is 0 Å². The minimum atomic E-state index is 0.412. The van der Waals surface area contributed by atoms with Crippen LogP contribution in [-0.4, -0.2) is 0 Å². The number of hydrogen-bond acceptors (Lipinski definition) is 0. The smallest absolute Gasteiger partial charge is 0.0561 e. The molecule has 0 saturated carbocycles. The van der Waals surface area contributed by atoms with Crippen LogP contribution >= 0.6 is 0 Å². The zero-order valence-electron chi connectivity index (χ0n) is 2.81. The minimum Gasteiger partial charge on any atom is -0.119 e. The maximum atomic E-state index is 4.92. The number of hydrogen-bond donors (Lipinski definition) is 0. The van der Waals surface area contributed by atoms with Crippen molar-refractivity contribution >= 4 is 0 Å². The van der Waals surface area contributed by atoms with Gasteiger partial charge in [0.1, 0.15) is 0 Å². The maximum Gasteiger partial charge on any atom is 0.0561 e. The molecule has 0 saturated heterocycles. The van der Waals surface area contributed by atoms with E-state index >= 15 is 0 Å². The summed E-state index contributed by atoms with van der Waals surface area (Å²) in [4.78, 5) is 0. The van der Waals surface area contributed by atoms with Gasteiger partial charge in [-0.15, -0.1) is 6.42 Å². The van der Waals surface area contributed by atoms with Crippen molar-refractivity contribution in [1.82, 2.24) is 0 Å². The Bertz CT molecular complexity index is 87.1. The zero-order chi connectivity index (χ0) is 3.70. The molecule has 0 aromatic heterocycles. The molecule has 0 aromatic rings. The highest BCUT2D eigenvalue weighted by molar-refractivity contribution is 5.26. The minimum absolute atomic E-state index is 0.412. The Morgan fingerprint density at radius 3 is 2.20 bits per heavy atom. The molecule has 1 aliphatic carbocycles. The van der Waals surface area contributed by atoms with Crippen LogP contribution in [-0.2, 0) is 0 Å². The lowest BCUT2D eigenvalue weighted by Crippen LogP contribution is -1.56. The molecule has 0 unspecified atom stereocenters. The van der Waals surface area contributed by atoms with Crippen LogP contribution in [0.15, 0.2) is 12.2 Å². The molecule has 1 aliphatic rings. The van der Waals surface area contributed by atoms with Crippen molar-refractivity contribution in [2.24, 2.45) is 5.92 Å². The van der Waals surface area contributed by atoms with E-state index < -0.39 is 0 Å². The molecule has 5 heavy (non-hydrogen) atoms. The Labute approximate surface area is 31.5 Å². The summed E-state index contributed by atoms with van der Waals surface area (Å²) < 4.78 is 0. The van der Waals surface area contributed by atoms with Gasteiger partial charge in [0, 0.05) is 0 Å². The van der Waals surface area contributed by atoms with E-state index in [4.69, 9.17) is 6.42 Å². The maximum absolute atomic E-state index is 4.92. The predicted molar refractivity (Wildman–Crippen MR) is 21.5 cm³/mol. The number of rotatable bonds is 0. The Balaban J connectivity index is 2.37.